The predicted molar refractivity (Wildman–Crippen MR) is 74.2 cm³/mol. The number of pyridine rings is 1. The molecule has 0 radical (unpaired) electrons. The lowest BCUT2D eigenvalue weighted by Gasteiger charge is -2.03. The fourth-order valence-electron chi connectivity index (χ4n) is 1.55. The van der Waals surface area contributed by atoms with Crippen LogP contribution in [0.2, 0.25) is 0 Å². The lowest BCUT2D eigenvalue weighted by molar-refractivity contribution is 0.0520. The Morgan fingerprint density at radius 3 is 2.95 bits per heavy atom. The van der Waals surface area contributed by atoms with Crippen LogP contribution in [0.1, 0.15) is 23.0 Å². The molecule has 100 valence electrons. The number of esters is 1. The van der Waals surface area contributed by atoms with Gasteiger partial charge in [0.2, 0.25) is 0 Å². The number of hydrogen-bond acceptors (Lipinski definition) is 5. The molecule has 0 unspecified atom stereocenters. The highest BCUT2D eigenvalue weighted by molar-refractivity contribution is 9.10. The van der Waals surface area contributed by atoms with Gasteiger partial charge in [-0.2, -0.15) is 5.10 Å². The fraction of sp³-hybridized carbons (Fsp3) is 0.250. The average Bonchev–Trinajstić information content (AvgIpc) is 2.71. The molecule has 0 saturated heterocycles. The second kappa shape index (κ2) is 5.40. The number of anilines is 1. The van der Waals surface area contributed by atoms with Crippen LogP contribution >= 0.6 is 15.9 Å². The third-order valence-electron chi connectivity index (χ3n) is 2.39. The maximum atomic E-state index is 11.6. The Morgan fingerprint density at radius 2 is 2.32 bits per heavy atom. The van der Waals surface area contributed by atoms with E-state index in [9.17, 15) is 4.79 Å². The lowest BCUT2D eigenvalue weighted by atomic mass is 10.3. The Morgan fingerprint density at radius 1 is 1.58 bits per heavy atom. The lowest BCUT2D eigenvalue weighted by Crippen LogP contribution is -2.09. The first-order valence-corrected chi connectivity index (χ1v) is 6.47. The van der Waals surface area contributed by atoms with Crippen LogP contribution in [-0.2, 0) is 4.74 Å². The van der Waals surface area contributed by atoms with Crippen molar-refractivity contribution in [3.05, 3.63) is 34.2 Å². The van der Waals surface area contributed by atoms with Crippen molar-refractivity contribution in [1.29, 1.82) is 0 Å². The molecule has 19 heavy (non-hydrogen) atoms. The van der Waals surface area contributed by atoms with Crippen LogP contribution in [0.15, 0.2) is 22.9 Å². The Hall–Kier alpha value is -1.89. The SMILES string of the molecule is CCOC(=O)c1nn(-c2ncc(C)cc2Br)cc1N. The summed E-state index contributed by atoms with van der Waals surface area (Å²) < 4.78 is 7.10. The number of hydrogen-bond donors (Lipinski definition) is 1. The Labute approximate surface area is 118 Å². The highest BCUT2D eigenvalue weighted by Gasteiger charge is 2.17. The van der Waals surface area contributed by atoms with Crippen LogP contribution in [0, 0.1) is 6.92 Å². The first-order valence-electron chi connectivity index (χ1n) is 5.67. The fourth-order valence-corrected chi connectivity index (χ4v) is 2.19. The van der Waals surface area contributed by atoms with Gasteiger partial charge in [-0.25, -0.2) is 14.5 Å². The van der Waals surface area contributed by atoms with E-state index >= 15 is 0 Å². The maximum Gasteiger partial charge on any atom is 0.361 e. The minimum Gasteiger partial charge on any atom is -0.461 e. The minimum atomic E-state index is -0.540. The van der Waals surface area contributed by atoms with E-state index in [-0.39, 0.29) is 18.0 Å². The molecule has 0 aliphatic rings. The largest absolute Gasteiger partial charge is 0.461 e. The van der Waals surface area contributed by atoms with E-state index in [1.54, 1.807) is 13.1 Å². The minimum absolute atomic E-state index is 0.0936. The molecule has 0 aromatic carbocycles. The zero-order chi connectivity index (χ0) is 14.0. The summed E-state index contributed by atoms with van der Waals surface area (Å²) in [6.45, 7) is 3.93. The van der Waals surface area contributed by atoms with Gasteiger partial charge in [0, 0.05) is 6.20 Å². The zero-order valence-electron chi connectivity index (χ0n) is 10.6. The molecule has 0 aliphatic carbocycles. The number of ether oxygens (including phenoxy) is 1. The number of nitrogens with zero attached hydrogens (tertiary/aromatic N) is 3. The Balaban J connectivity index is 2.42. The van der Waals surface area contributed by atoms with Gasteiger partial charge in [0.1, 0.15) is 0 Å². The van der Waals surface area contributed by atoms with E-state index in [4.69, 9.17) is 10.5 Å². The summed E-state index contributed by atoms with van der Waals surface area (Å²) >= 11 is 3.41. The molecular formula is C12H13BrN4O2. The second-order valence-corrected chi connectivity index (χ2v) is 4.77. The molecule has 2 aromatic rings. The Bertz CT molecular complexity index is 624. The van der Waals surface area contributed by atoms with Crippen molar-refractivity contribution in [2.45, 2.75) is 13.8 Å². The first kappa shape index (κ1) is 13.5. The van der Waals surface area contributed by atoms with Crippen molar-refractivity contribution >= 4 is 27.6 Å². The molecule has 0 amide bonds. The van der Waals surface area contributed by atoms with Crippen LogP contribution in [-0.4, -0.2) is 27.3 Å². The van der Waals surface area contributed by atoms with Crippen molar-refractivity contribution in [2.75, 3.05) is 12.3 Å². The number of aryl methyl sites for hydroxylation is 1. The standard InChI is InChI=1S/C12H13BrN4O2/c1-3-19-12(18)10-9(14)6-17(16-10)11-8(13)4-7(2)5-15-11/h4-6H,3,14H2,1-2H3. The molecule has 0 bridgehead atoms. The summed E-state index contributed by atoms with van der Waals surface area (Å²) in [5, 5.41) is 4.11. The van der Waals surface area contributed by atoms with Crippen LogP contribution in [0.4, 0.5) is 5.69 Å². The molecule has 0 atom stereocenters. The monoisotopic (exact) mass is 324 g/mol. The molecule has 2 rings (SSSR count). The van der Waals surface area contributed by atoms with Gasteiger partial charge in [-0.3, -0.25) is 0 Å². The van der Waals surface area contributed by atoms with Crippen molar-refractivity contribution in [1.82, 2.24) is 14.8 Å². The van der Waals surface area contributed by atoms with Crippen molar-refractivity contribution in [3.8, 4) is 5.82 Å². The molecule has 2 heterocycles. The number of carbonyl (C=O) groups excluding carboxylic acids is 1. The molecular weight excluding hydrogens is 312 g/mol. The average molecular weight is 325 g/mol. The van der Waals surface area contributed by atoms with Crippen molar-refractivity contribution in [2.24, 2.45) is 0 Å². The van der Waals surface area contributed by atoms with E-state index in [0.29, 0.717) is 5.82 Å². The molecule has 0 spiro atoms. The second-order valence-electron chi connectivity index (χ2n) is 3.92. The number of carbonyl (C=O) groups is 1. The molecule has 7 heteroatoms. The Kier molecular flexibility index (Phi) is 3.84. The van der Waals surface area contributed by atoms with Gasteiger partial charge in [0.05, 0.1) is 23.0 Å². The van der Waals surface area contributed by atoms with Gasteiger partial charge in [0.15, 0.2) is 11.5 Å². The maximum absolute atomic E-state index is 11.6. The van der Waals surface area contributed by atoms with Gasteiger partial charge >= 0.3 is 5.97 Å². The van der Waals surface area contributed by atoms with Gasteiger partial charge in [-0.1, -0.05) is 0 Å². The summed E-state index contributed by atoms with van der Waals surface area (Å²) in [4.78, 5) is 15.9. The zero-order valence-corrected chi connectivity index (χ0v) is 12.1. The number of rotatable bonds is 3. The topological polar surface area (TPSA) is 83.0 Å². The van der Waals surface area contributed by atoms with Gasteiger partial charge in [-0.15, -0.1) is 0 Å². The molecule has 2 N–H and O–H groups in total. The molecule has 0 saturated carbocycles. The van der Waals surface area contributed by atoms with E-state index in [0.717, 1.165) is 10.0 Å². The quantitative estimate of drug-likeness (QED) is 0.874. The van der Waals surface area contributed by atoms with Crippen LogP contribution in [0.25, 0.3) is 5.82 Å². The van der Waals surface area contributed by atoms with E-state index < -0.39 is 5.97 Å². The highest BCUT2D eigenvalue weighted by atomic mass is 79.9. The summed E-state index contributed by atoms with van der Waals surface area (Å²) in [6, 6.07) is 1.91. The number of aromatic nitrogens is 3. The van der Waals surface area contributed by atoms with E-state index in [1.807, 2.05) is 13.0 Å². The smallest absolute Gasteiger partial charge is 0.361 e. The van der Waals surface area contributed by atoms with Crippen LogP contribution < -0.4 is 5.73 Å². The van der Waals surface area contributed by atoms with Gasteiger partial charge in [0.25, 0.3) is 0 Å². The first-order chi connectivity index (χ1) is 9.02. The summed E-state index contributed by atoms with van der Waals surface area (Å²) in [6.07, 6.45) is 3.25. The molecule has 0 aliphatic heterocycles. The van der Waals surface area contributed by atoms with Crippen LogP contribution in [0.5, 0.6) is 0 Å². The van der Waals surface area contributed by atoms with Crippen LogP contribution in [0.3, 0.4) is 0 Å². The summed E-state index contributed by atoms with van der Waals surface area (Å²) in [5.41, 5.74) is 7.13. The number of nitrogens with two attached hydrogens (primary N) is 1. The number of halogens is 1. The van der Waals surface area contributed by atoms with Crippen molar-refractivity contribution in [3.63, 3.8) is 0 Å². The summed E-state index contributed by atoms with van der Waals surface area (Å²) in [7, 11) is 0. The van der Waals surface area contributed by atoms with E-state index in [1.165, 1.54) is 10.9 Å². The van der Waals surface area contributed by atoms with Gasteiger partial charge in [-0.05, 0) is 41.4 Å². The van der Waals surface area contributed by atoms with Crippen molar-refractivity contribution < 1.29 is 9.53 Å². The molecule has 2 aromatic heterocycles. The molecule has 0 fully saturated rings. The third kappa shape index (κ3) is 2.76. The van der Waals surface area contributed by atoms with E-state index in [2.05, 4.69) is 26.0 Å². The predicted octanol–water partition coefficient (Wildman–Crippen LogP) is 2.10. The number of nitrogen functional groups attached to an aromatic ring is 1. The highest BCUT2D eigenvalue weighted by Crippen LogP contribution is 2.21. The summed E-state index contributed by atoms with van der Waals surface area (Å²) in [5.74, 6) is 0.0230. The third-order valence-corrected chi connectivity index (χ3v) is 2.97. The van der Waals surface area contributed by atoms with Gasteiger partial charge < -0.3 is 10.5 Å². The molecule has 6 nitrogen and oxygen atoms in total. The normalized spacial score (nSPS) is 10.5.